The summed E-state index contributed by atoms with van der Waals surface area (Å²) in [5, 5.41) is 3.15. The predicted octanol–water partition coefficient (Wildman–Crippen LogP) is 3.03. The van der Waals surface area contributed by atoms with Gasteiger partial charge in [0.25, 0.3) is 0 Å². The number of nitrogens with zero attached hydrogens (tertiary/aromatic N) is 1. The third-order valence-corrected chi connectivity index (χ3v) is 3.36. The number of esters is 1. The van der Waals surface area contributed by atoms with Crippen LogP contribution in [-0.4, -0.2) is 18.1 Å². The molecule has 0 bridgehead atoms. The summed E-state index contributed by atoms with van der Waals surface area (Å²) in [6, 6.07) is 10.3. The second-order valence-electron chi connectivity index (χ2n) is 4.92. The van der Waals surface area contributed by atoms with Crippen LogP contribution < -0.4 is 5.32 Å². The Kier molecular flexibility index (Phi) is 4.21. The minimum atomic E-state index is -1.20. The molecule has 1 atom stereocenters. The number of carbonyl (C=O) groups excluding carboxylic acids is 1. The number of hydrogen-bond donors (Lipinski definition) is 1. The highest BCUT2D eigenvalue weighted by atomic mass is 19.1. The smallest absolute Gasteiger partial charge is 0.337 e. The number of nitrogens with one attached hydrogen (secondary N) is 1. The number of carbonyl (C=O) groups is 1. The molecule has 110 valence electrons. The van der Waals surface area contributed by atoms with Crippen molar-refractivity contribution in [1.82, 2.24) is 4.98 Å². The van der Waals surface area contributed by atoms with Gasteiger partial charge in [0.15, 0.2) is 5.54 Å². The Morgan fingerprint density at radius 3 is 2.57 bits per heavy atom. The second-order valence-corrected chi connectivity index (χ2v) is 4.92. The van der Waals surface area contributed by atoms with Crippen LogP contribution in [0.1, 0.15) is 18.2 Å². The first kappa shape index (κ1) is 15.0. The first-order chi connectivity index (χ1) is 9.97. The topological polar surface area (TPSA) is 51.2 Å². The molecule has 0 aliphatic rings. The molecule has 0 fully saturated rings. The number of anilines is 1. The number of ether oxygens (including phenoxy) is 1. The Morgan fingerprint density at radius 1 is 1.29 bits per heavy atom. The Labute approximate surface area is 123 Å². The van der Waals surface area contributed by atoms with Crippen molar-refractivity contribution in [3.05, 3.63) is 59.7 Å². The fourth-order valence-electron chi connectivity index (χ4n) is 2.08. The molecule has 0 amide bonds. The number of aromatic nitrogens is 1. The highest BCUT2D eigenvalue weighted by molar-refractivity contribution is 5.85. The van der Waals surface area contributed by atoms with Gasteiger partial charge in [-0.2, -0.15) is 0 Å². The van der Waals surface area contributed by atoms with Crippen molar-refractivity contribution in [3.63, 3.8) is 0 Å². The van der Waals surface area contributed by atoms with E-state index < -0.39 is 17.3 Å². The molecule has 1 aromatic carbocycles. The number of pyridine rings is 1. The molecule has 2 aromatic rings. The summed E-state index contributed by atoms with van der Waals surface area (Å²) >= 11 is 0. The predicted molar refractivity (Wildman–Crippen MR) is 78.4 cm³/mol. The maximum absolute atomic E-state index is 13.0. The van der Waals surface area contributed by atoms with E-state index in [1.807, 2.05) is 31.2 Å². The zero-order valence-corrected chi connectivity index (χ0v) is 12.2. The van der Waals surface area contributed by atoms with Gasteiger partial charge >= 0.3 is 5.97 Å². The summed E-state index contributed by atoms with van der Waals surface area (Å²) in [4.78, 5) is 16.2. The molecule has 4 nitrogen and oxygen atoms in total. The fraction of sp³-hybridized carbons (Fsp3) is 0.250. The van der Waals surface area contributed by atoms with Crippen LogP contribution in [0.3, 0.4) is 0 Å². The van der Waals surface area contributed by atoms with Crippen LogP contribution in [0, 0.1) is 12.7 Å². The van der Waals surface area contributed by atoms with Gasteiger partial charge in [-0.1, -0.05) is 18.2 Å². The molecule has 0 aliphatic carbocycles. The lowest BCUT2D eigenvalue weighted by Crippen LogP contribution is -2.42. The van der Waals surface area contributed by atoms with Crippen LogP contribution in [0.2, 0.25) is 0 Å². The van der Waals surface area contributed by atoms with E-state index in [0.29, 0.717) is 5.69 Å². The summed E-state index contributed by atoms with van der Waals surface area (Å²) < 4.78 is 17.9. The lowest BCUT2D eigenvalue weighted by molar-refractivity contribution is -0.145. The standard InChI is InChI=1S/C16H17FN2O2/c1-11-6-4-5-7-13(11)19-16(2,15(20)21-3)14-9-8-12(17)10-18-14/h4-10,19H,1-3H3. The second kappa shape index (κ2) is 5.91. The van der Waals surface area contributed by atoms with E-state index in [1.165, 1.54) is 19.2 Å². The first-order valence-electron chi connectivity index (χ1n) is 6.51. The summed E-state index contributed by atoms with van der Waals surface area (Å²) in [5.74, 6) is -0.952. The number of aryl methyl sites for hydroxylation is 1. The first-order valence-corrected chi connectivity index (χ1v) is 6.51. The van der Waals surface area contributed by atoms with E-state index >= 15 is 0 Å². The van der Waals surface area contributed by atoms with Gasteiger partial charge in [0, 0.05) is 5.69 Å². The lowest BCUT2D eigenvalue weighted by atomic mass is 9.96. The van der Waals surface area contributed by atoms with Crippen molar-refractivity contribution < 1.29 is 13.9 Å². The zero-order chi connectivity index (χ0) is 15.5. The van der Waals surface area contributed by atoms with Crippen LogP contribution in [0.25, 0.3) is 0 Å². The number of para-hydroxylation sites is 1. The Hall–Kier alpha value is -2.43. The van der Waals surface area contributed by atoms with E-state index in [-0.39, 0.29) is 0 Å². The van der Waals surface area contributed by atoms with Crippen LogP contribution in [0.4, 0.5) is 10.1 Å². The summed E-state index contributed by atoms with van der Waals surface area (Å²) in [6.45, 7) is 3.59. The molecular formula is C16H17FN2O2. The zero-order valence-electron chi connectivity index (χ0n) is 12.2. The molecule has 5 heteroatoms. The minimum Gasteiger partial charge on any atom is -0.467 e. The maximum Gasteiger partial charge on any atom is 0.337 e. The van der Waals surface area contributed by atoms with Gasteiger partial charge in [0.1, 0.15) is 5.82 Å². The molecule has 0 radical (unpaired) electrons. The number of benzene rings is 1. The maximum atomic E-state index is 13.0. The minimum absolute atomic E-state index is 0.388. The molecule has 0 saturated heterocycles. The van der Waals surface area contributed by atoms with Gasteiger partial charge in [0.05, 0.1) is 19.0 Å². The quantitative estimate of drug-likeness (QED) is 0.879. The molecule has 1 heterocycles. The van der Waals surface area contributed by atoms with Crippen LogP contribution in [-0.2, 0) is 15.1 Å². The van der Waals surface area contributed by atoms with Crippen molar-refractivity contribution in [2.45, 2.75) is 19.4 Å². The number of hydrogen-bond acceptors (Lipinski definition) is 4. The average Bonchev–Trinajstić information content (AvgIpc) is 2.49. The van der Waals surface area contributed by atoms with Crippen molar-refractivity contribution in [3.8, 4) is 0 Å². The fourth-order valence-corrected chi connectivity index (χ4v) is 2.08. The Bertz CT molecular complexity index is 643. The molecule has 0 saturated carbocycles. The number of methoxy groups -OCH3 is 1. The SMILES string of the molecule is COC(=O)C(C)(Nc1ccccc1C)c1ccc(F)cn1. The third-order valence-electron chi connectivity index (χ3n) is 3.36. The third kappa shape index (κ3) is 3.02. The van der Waals surface area contributed by atoms with Crippen LogP contribution in [0.5, 0.6) is 0 Å². The number of halogens is 1. The van der Waals surface area contributed by atoms with Gasteiger partial charge in [-0.3, -0.25) is 4.98 Å². The van der Waals surface area contributed by atoms with E-state index in [0.717, 1.165) is 17.4 Å². The summed E-state index contributed by atoms with van der Waals surface area (Å²) in [5.41, 5.74) is 0.958. The van der Waals surface area contributed by atoms with E-state index in [4.69, 9.17) is 4.74 Å². The molecule has 1 aromatic heterocycles. The van der Waals surface area contributed by atoms with Crippen LogP contribution >= 0.6 is 0 Å². The Balaban J connectivity index is 2.45. The highest BCUT2D eigenvalue weighted by Gasteiger charge is 2.38. The number of rotatable bonds is 4. The summed E-state index contributed by atoms with van der Waals surface area (Å²) in [6.07, 6.45) is 1.08. The van der Waals surface area contributed by atoms with Gasteiger partial charge in [-0.05, 0) is 37.6 Å². The van der Waals surface area contributed by atoms with Crippen molar-refractivity contribution in [2.75, 3.05) is 12.4 Å². The molecule has 0 spiro atoms. The largest absolute Gasteiger partial charge is 0.467 e. The summed E-state index contributed by atoms with van der Waals surface area (Å²) in [7, 11) is 1.31. The van der Waals surface area contributed by atoms with Crippen molar-refractivity contribution in [2.24, 2.45) is 0 Å². The van der Waals surface area contributed by atoms with Crippen molar-refractivity contribution >= 4 is 11.7 Å². The van der Waals surface area contributed by atoms with Gasteiger partial charge < -0.3 is 10.1 Å². The van der Waals surface area contributed by atoms with Crippen LogP contribution in [0.15, 0.2) is 42.6 Å². The average molecular weight is 288 g/mol. The molecular weight excluding hydrogens is 271 g/mol. The Morgan fingerprint density at radius 2 is 2.00 bits per heavy atom. The monoisotopic (exact) mass is 288 g/mol. The lowest BCUT2D eigenvalue weighted by Gasteiger charge is -2.29. The molecule has 0 aliphatic heterocycles. The van der Waals surface area contributed by atoms with Gasteiger partial charge in [0.2, 0.25) is 0 Å². The molecule has 21 heavy (non-hydrogen) atoms. The molecule has 1 unspecified atom stereocenters. The van der Waals surface area contributed by atoms with E-state index in [9.17, 15) is 9.18 Å². The normalized spacial score (nSPS) is 13.3. The van der Waals surface area contributed by atoms with E-state index in [1.54, 1.807) is 6.92 Å². The van der Waals surface area contributed by atoms with Gasteiger partial charge in [-0.15, -0.1) is 0 Å². The highest BCUT2D eigenvalue weighted by Crippen LogP contribution is 2.28. The van der Waals surface area contributed by atoms with Crippen molar-refractivity contribution in [1.29, 1.82) is 0 Å². The molecule has 1 N–H and O–H groups in total. The molecule has 2 rings (SSSR count). The van der Waals surface area contributed by atoms with Gasteiger partial charge in [-0.25, -0.2) is 9.18 Å². The van der Waals surface area contributed by atoms with E-state index in [2.05, 4.69) is 10.3 Å².